The lowest BCUT2D eigenvalue weighted by Crippen LogP contribution is -2.18. The number of ketones is 1. The number of methoxy groups -OCH3 is 1. The fraction of sp³-hybridized carbons (Fsp3) is 0.500. The van der Waals surface area contributed by atoms with Crippen molar-refractivity contribution in [2.45, 2.75) is 12.8 Å². The number of benzene rings is 1. The topological polar surface area (TPSA) is 47.6 Å². The first kappa shape index (κ1) is 14.2. The molecule has 0 aromatic heterocycles. The molecule has 1 fully saturated rings. The van der Waals surface area contributed by atoms with Crippen LogP contribution in [0.25, 0.3) is 0 Å². The molecular formula is C14H18ClNO3. The van der Waals surface area contributed by atoms with Gasteiger partial charge in [0.1, 0.15) is 0 Å². The van der Waals surface area contributed by atoms with Crippen molar-refractivity contribution in [1.82, 2.24) is 5.32 Å². The Morgan fingerprint density at radius 1 is 1.47 bits per heavy atom. The van der Waals surface area contributed by atoms with E-state index in [1.807, 2.05) is 0 Å². The van der Waals surface area contributed by atoms with E-state index in [4.69, 9.17) is 21.1 Å². The number of carbonyl (C=O) groups excluding carboxylic acids is 1. The minimum absolute atomic E-state index is 0.0311. The molecule has 0 saturated heterocycles. The molecule has 1 aliphatic rings. The van der Waals surface area contributed by atoms with Gasteiger partial charge >= 0.3 is 0 Å². The molecule has 5 heteroatoms. The SMILES string of the molecule is CNCC(=O)c1cc(Cl)c(OCC2CC2)c(OC)c1. The number of likely N-dealkylation sites (N-methyl/N-ethyl adjacent to an activating group) is 1. The van der Waals surface area contributed by atoms with Gasteiger partial charge in [0.15, 0.2) is 17.3 Å². The van der Waals surface area contributed by atoms with Gasteiger partial charge in [-0.25, -0.2) is 0 Å². The number of hydrogen-bond donors (Lipinski definition) is 1. The third kappa shape index (κ3) is 3.61. The molecule has 0 atom stereocenters. The highest BCUT2D eigenvalue weighted by Gasteiger charge is 2.24. The van der Waals surface area contributed by atoms with Crippen LogP contribution < -0.4 is 14.8 Å². The largest absolute Gasteiger partial charge is 0.493 e. The zero-order chi connectivity index (χ0) is 13.8. The molecule has 1 N–H and O–H groups in total. The van der Waals surface area contributed by atoms with Gasteiger partial charge in [-0.2, -0.15) is 0 Å². The normalized spacial score (nSPS) is 14.3. The summed E-state index contributed by atoms with van der Waals surface area (Å²) in [4.78, 5) is 11.8. The number of ether oxygens (including phenoxy) is 2. The van der Waals surface area contributed by atoms with Crippen molar-refractivity contribution in [2.75, 3.05) is 27.3 Å². The van der Waals surface area contributed by atoms with Gasteiger partial charge < -0.3 is 14.8 Å². The van der Waals surface area contributed by atoms with Crippen molar-refractivity contribution in [3.8, 4) is 11.5 Å². The van der Waals surface area contributed by atoms with E-state index in [-0.39, 0.29) is 12.3 Å². The maximum Gasteiger partial charge on any atom is 0.179 e. The molecular weight excluding hydrogens is 266 g/mol. The van der Waals surface area contributed by atoms with E-state index in [1.54, 1.807) is 26.3 Å². The molecule has 104 valence electrons. The first-order valence-electron chi connectivity index (χ1n) is 6.33. The number of Topliss-reactive ketones (excluding diaryl/α,β-unsaturated/α-hetero) is 1. The average molecular weight is 284 g/mol. The molecule has 1 saturated carbocycles. The van der Waals surface area contributed by atoms with Gasteiger partial charge in [-0.05, 0) is 37.9 Å². The Kier molecular flexibility index (Phi) is 4.66. The van der Waals surface area contributed by atoms with Crippen LogP contribution in [0.15, 0.2) is 12.1 Å². The second-order valence-electron chi connectivity index (χ2n) is 4.70. The summed E-state index contributed by atoms with van der Waals surface area (Å²) < 4.78 is 11.0. The summed E-state index contributed by atoms with van der Waals surface area (Å²) in [6.07, 6.45) is 2.41. The van der Waals surface area contributed by atoms with Crippen LogP contribution >= 0.6 is 11.6 Å². The monoisotopic (exact) mass is 283 g/mol. The maximum absolute atomic E-state index is 11.8. The van der Waals surface area contributed by atoms with Crippen molar-refractivity contribution >= 4 is 17.4 Å². The first-order chi connectivity index (χ1) is 9.15. The van der Waals surface area contributed by atoms with Crippen LogP contribution in [0.3, 0.4) is 0 Å². The van der Waals surface area contributed by atoms with Crippen LogP contribution in [-0.4, -0.2) is 33.1 Å². The summed E-state index contributed by atoms with van der Waals surface area (Å²) in [5, 5.41) is 3.24. The van der Waals surface area contributed by atoms with Crippen molar-refractivity contribution < 1.29 is 14.3 Å². The predicted molar refractivity (Wildman–Crippen MR) is 74.5 cm³/mol. The molecule has 1 aliphatic carbocycles. The van der Waals surface area contributed by atoms with E-state index in [9.17, 15) is 4.79 Å². The minimum Gasteiger partial charge on any atom is -0.493 e. The number of halogens is 1. The summed E-state index contributed by atoms with van der Waals surface area (Å²) in [6.45, 7) is 0.918. The van der Waals surface area contributed by atoms with Crippen LogP contribution in [0.1, 0.15) is 23.2 Å². The van der Waals surface area contributed by atoms with E-state index in [0.29, 0.717) is 34.6 Å². The maximum atomic E-state index is 11.8. The van der Waals surface area contributed by atoms with Gasteiger partial charge in [-0.3, -0.25) is 4.79 Å². The second kappa shape index (κ2) is 6.26. The van der Waals surface area contributed by atoms with Crippen LogP contribution in [0.2, 0.25) is 5.02 Å². The van der Waals surface area contributed by atoms with Gasteiger partial charge in [0, 0.05) is 5.56 Å². The highest BCUT2D eigenvalue weighted by Crippen LogP contribution is 2.38. The quantitative estimate of drug-likeness (QED) is 0.781. The molecule has 0 bridgehead atoms. The van der Waals surface area contributed by atoms with Crippen molar-refractivity contribution in [1.29, 1.82) is 0 Å². The van der Waals surface area contributed by atoms with E-state index in [2.05, 4.69) is 5.32 Å². The van der Waals surface area contributed by atoms with Crippen molar-refractivity contribution in [3.63, 3.8) is 0 Å². The fourth-order valence-electron chi connectivity index (χ4n) is 1.77. The van der Waals surface area contributed by atoms with Crippen LogP contribution in [0, 0.1) is 5.92 Å². The lowest BCUT2D eigenvalue weighted by Gasteiger charge is -2.13. The molecule has 0 aliphatic heterocycles. The average Bonchev–Trinajstić information content (AvgIpc) is 3.20. The van der Waals surface area contributed by atoms with Gasteiger partial charge in [0.2, 0.25) is 0 Å². The van der Waals surface area contributed by atoms with Gasteiger partial charge in [-0.15, -0.1) is 0 Å². The molecule has 2 rings (SSSR count). The van der Waals surface area contributed by atoms with Gasteiger partial charge in [0.05, 0.1) is 25.3 Å². The summed E-state index contributed by atoms with van der Waals surface area (Å²) in [5.74, 6) is 1.63. The second-order valence-corrected chi connectivity index (χ2v) is 5.10. The number of nitrogens with one attached hydrogen (secondary N) is 1. The number of hydrogen-bond acceptors (Lipinski definition) is 4. The van der Waals surface area contributed by atoms with Crippen molar-refractivity contribution in [2.24, 2.45) is 5.92 Å². The van der Waals surface area contributed by atoms with E-state index in [1.165, 1.54) is 12.8 Å². The molecule has 0 amide bonds. The highest BCUT2D eigenvalue weighted by molar-refractivity contribution is 6.32. The van der Waals surface area contributed by atoms with Crippen molar-refractivity contribution in [3.05, 3.63) is 22.7 Å². The Labute approximate surface area is 118 Å². The highest BCUT2D eigenvalue weighted by atomic mass is 35.5. The van der Waals surface area contributed by atoms with Gasteiger partial charge in [0.25, 0.3) is 0 Å². The minimum atomic E-state index is -0.0311. The molecule has 1 aromatic rings. The van der Waals surface area contributed by atoms with E-state index in [0.717, 1.165) is 0 Å². The Balaban J connectivity index is 2.20. The lowest BCUT2D eigenvalue weighted by molar-refractivity contribution is 0.0993. The van der Waals surface area contributed by atoms with E-state index < -0.39 is 0 Å². The smallest absolute Gasteiger partial charge is 0.179 e. The Bertz CT molecular complexity index is 472. The summed E-state index contributed by atoms with van der Waals surface area (Å²) >= 11 is 6.18. The fourth-order valence-corrected chi connectivity index (χ4v) is 2.03. The Morgan fingerprint density at radius 3 is 2.79 bits per heavy atom. The Hall–Kier alpha value is -1.26. The van der Waals surface area contributed by atoms with Gasteiger partial charge in [-0.1, -0.05) is 11.6 Å². The van der Waals surface area contributed by atoms with Crippen LogP contribution in [-0.2, 0) is 0 Å². The number of carbonyl (C=O) groups is 1. The third-order valence-corrected chi connectivity index (χ3v) is 3.33. The number of rotatable bonds is 7. The third-order valence-electron chi connectivity index (χ3n) is 3.05. The molecule has 0 heterocycles. The summed E-state index contributed by atoms with van der Waals surface area (Å²) in [5.41, 5.74) is 0.523. The molecule has 0 unspecified atom stereocenters. The Morgan fingerprint density at radius 2 is 2.21 bits per heavy atom. The molecule has 1 aromatic carbocycles. The molecule has 19 heavy (non-hydrogen) atoms. The molecule has 0 radical (unpaired) electrons. The first-order valence-corrected chi connectivity index (χ1v) is 6.71. The summed E-state index contributed by atoms with van der Waals surface area (Å²) in [6, 6.07) is 3.31. The molecule has 0 spiro atoms. The lowest BCUT2D eigenvalue weighted by atomic mass is 10.1. The zero-order valence-corrected chi connectivity index (χ0v) is 11.9. The standard InChI is InChI=1S/C14H18ClNO3/c1-16-7-12(17)10-5-11(15)14(13(6-10)18-2)19-8-9-3-4-9/h5-6,9,16H,3-4,7-8H2,1-2H3. The molecule has 4 nitrogen and oxygen atoms in total. The van der Waals surface area contributed by atoms with E-state index >= 15 is 0 Å². The predicted octanol–water partition coefficient (Wildman–Crippen LogP) is 2.54. The van der Waals surface area contributed by atoms with Crippen LogP contribution in [0.4, 0.5) is 0 Å². The van der Waals surface area contributed by atoms with Crippen LogP contribution in [0.5, 0.6) is 11.5 Å². The zero-order valence-electron chi connectivity index (χ0n) is 11.2. The summed E-state index contributed by atoms with van der Waals surface area (Å²) in [7, 11) is 3.27.